The molecule has 1 saturated heterocycles. The second-order valence-corrected chi connectivity index (χ2v) is 6.52. The van der Waals surface area contributed by atoms with Crippen LogP contribution in [0.4, 0.5) is 0 Å². The standard InChI is InChI=1S/C19H20ClN3O/c20-19-16(23-10-5-4-8-17(23)22-19)13-21-12-15-9-11-24-18(15)14-6-2-1-3-7-14/h1-8,10,15,18,21H,9,11-13H2/t15-,18-/m1/s1. The third-order valence-corrected chi connectivity index (χ3v) is 4.92. The van der Waals surface area contributed by atoms with E-state index in [0.29, 0.717) is 17.6 Å². The second-order valence-electron chi connectivity index (χ2n) is 6.16. The fraction of sp³-hybridized carbons (Fsp3) is 0.316. The van der Waals surface area contributed by atoms with E-state index in [0.717, 1.165) is 30.9 Å². The smallest absolute Gasteiger partial charge is 0.152 e. The highest BCUT2D eigenvalue weighted by Crippen LogP contribution is 2.34. The number of nitrogens with one attached hydrogen (secondary N) is 1. The predicted molar refractivity (Wildman–Crippen MR) is 95.2 cm³/mol. The summed E-state index contributed by atoms with van der Waals surface area (Å²) in [5.74, 6) is 0.477. The Labute approximate surface area is 146 Å². The molecular weight excluding hydrogens is 322 g/mol. The van der Waals surface area contributed by atoms with Crippen molar-refractivity contribution in [2.45, 2.75) is 19.1 Å². The maximum absolute atomic E-state index is 6.29. The van der Waals surface area contributed by atoms with Crippen molar-refractivity contribution in [2.24, 2.45) is 5.92 Å². The number of hydrogen-bond donors (Lipinski definition) is 1. The zero-order chi connectivity index (χ0) is 16.4. The molecular formula is C19H20ClN3O. The molecule has 3 heterocycles. The maximum atomic E-state index is 6.29. The number of benzene rings is 1. The average Bonchev–Trinajstić information content (AvgIpc) is 3.20. The Morgan fingerprint density at radius 2 is 2.00 bits per heavy atom. The highest BCUT2D eigenvalue weighted by molar-refractivity contribution is 6.30. The van der Waals surface area contributed by atoms with Gasteiger partial charge in [0.15, 0.2) is 5.15 Å². The molecule has 4 nitrogen and oxygen atoms in total. The Bertz CT molecular complexity index is 818. The number of halogens is 1. The zero-order valence-electron chi connectivity index (χ0n) is 13.4. The summed E-state index contributed by atoms with van der Waals surface area (Å²) < 4.78 is 7.99. The molecule has 1 aliphatic rings. The van der Waals surface area contributed by atoms with Gasteiger partial charge in [-0.15, -0.1) is 0 Å². The maximum Gasteiger partial charge on any atom is 0.152 e. The Kier molecular flexibility index (Phi) is 4.52. The van der Waals surface area contributed by atoms with Gasteiger partial charge in [-0.25, -0.2) is 4.98 Å². The van der Waals surface area contributed by atoms with Gasteiger partial charge in [0.1, 0.15) is 5.65 Å². The molecule has 0 aliphatic carbocycles. The highest BCUT2D eigenvalue weighted by Gasteiger charge is 2.29. The molecule has 124 valence electrons. The molecule has 0 radical (unpaired) electrons. The van der Waals surface area contributed by atoms with Crippen LogP contribution in [0.5, 0.6) is 0 Å². The number of ether oxygens (including phenoxy) is 1. The molecule has 1 aliphatic heterocycles. The lowest BCUT2D eigenvalue weighted by atomic mass is 9.95. The van der Waals surface area contributed by atoms with Crippen LogP contribution >= 0.6 is 11.6 Å². The Morgan fingerprint density at radius 3 is 2.88 bits per heavy atom. The van der Waals surface area contributed by atoms with Crippen molar-refractivity contribution in [3.05, 3.63) is 71.1 Å². The number of aromatic nitrogens is 2. The van der Waals surface area contributed by atoms with E-state index in [9.17, 15) is 0 Å². The van der Waals surface area contributed by atoms with Gasteiger partial charge in [0, 0.05) is 31.8 Å². The fourth-order valence-corrected chi connectivity index (χ4v) is 3.65. The van der Waals surface area contributed by atoms with E-state index >= 15 is 0 Å². The van der Waals surface area contributed by atoms with Crippen molar-refractivity contribution in [3.8, 4) is 0 Å². The first-order chi connectivity index (χ1) is 11.8. The van der Waals surface area contributed by atoms with Crippen molar-refractivity contribution in [3.63, 3.8) is 0 Å². The van der Waals surface area contributed by atoms with Crippen LogP contribution < -0.4 is 5.32 Å². The van der Waals surface area contributed by atoms with Gasteiger partial charge >= 0.3 is 0 Å². The monoisotopic (exact) mass is 341 g/mol. The zero-order valence-corrected chi connectivity index (χ0v) is 14.1. The summed E-state index contributed by atoms with van der Waals surface area (Å²) in [4.78, 5) is 4.39. The van der Waals surface area contributed by atoms with Crippen molar-refractivity contribution in [1.29, 1.82) is 0 Å². The van der Waals surface area contributed by atoms with Gasteiger partial charge in [0.2, 0.25) is 0 Å². The molecule has 2 atom stereocenters. The molecule has 0 unspecified atom stereocenters. The number of fused-ring (bicyclic) bond motifs is 1. The quantitative estimate of drug-likeness (QED) is 0.766. The molecule has 0 bridgehead atoms. The van der Waals surface area contributed by atoms with E-state index in [-0.39, 0.29) is 6.10 Å². The van der Waals surface area contributed by atoms with E-state index in [1.807, 2.05) is 34.9 Å². The summed E-state index contributed by atoms with van der Waals surface area (Å²) in [6, 6.07) is 16.4. The Balaban J connectivity index is 1.42. The number of nitrogens with zero attached hydrogens (tertiary/aromatic N) is 2. The summed E-state index contributed by atoms with van der Waals surface area (Å²) in [5.41, 5.74) is 3.14. The van der Waals surface area contributed by atoms with Gasteiger partial charge in [-0.1, -0.05) is 48.0 Å². The minimum Gasteiger partial charge on any atom is -0.373 e. The molecule has 0 saturated carbocycles. The van der Waals surface area contributed by atoms with Crippen molar-refractivity contribution >= 4 is 17.2 Å². The summed E-state index contributed by atoms with van der Waals surface area (Å²) in [6.07, 6.45) is 3.25. The van der Waals surface area contributed by atoms with Crippen molar-refractivity contribution in [2.75, 3.05) is 13.2 Å². The van der Waals surface area contributed by atoms with Crippen LogP contribution in [0.1, 0.15) is 23.8 Å². The van der Waals surface area contributed by atoms with E-state index < -0.39 is 0 Å². The van der Waals surface area contributed by atoms with E-state index in [1.54, 1.807) is 0 Å². The Morgan fingerprint density at radius 1 is 1.17 bits per heavy atom. The molecule has 0 spiro atoms. The number of hydrogen-bond acceptors (Lipinski definition) is 3. The molecule has 24 heavy (non-hydrogen) atoms. The summed E-state index contributed by atoms with van der Waals surface area (Å²) >= 11 is 6.29. The van der Waals surface area contributed by atoms with E-state index in [1.165, 1.54) is 5.56 Å². The highest BCUT2D eigenvalue weighted by atomic mass is 35.5. The minimum atomic E-state index is 0.177. The van der Waals surface area contributed by atoms with Crippen LogP contribution in [0.2, 0.25) is 5.15 Å². The number of imidazole rings is 1. The molecule has 1 N–H and O–H groups in total. The number of rotatable bonds is 5. The van der Waals surface area contributed by atoms with Crippen LogP contribution in [0, 0.1) is 5.92 Å². The van der Waals surface area contributed by atoms with Crippen LogP contribution in [0.3, 0.4) is 0 Å². The first-order valence-corrected chi connectivity index (χ1v) is 8.69. The third kappa shape index (κ3) is 3.05. The normalized spacial score (nSPS) is 20.7. The summed E-state index contributed by atoms with van der Waals surface area (Å²) in [5, 5.41) is 4.10. The van der Waals surface area contributed by atoms with Crippen LogP contribution in [0.15, 0.2) is 54.7 Å². The van der Waals surface area contributed by atoms with E-state index in [2.05, 4.69) is 34.6 Å². The van der Waals surface area contributed by atoms with Crippen LogP contribution in [0.25, 0.3) is 5.65 Å². The molecule has 4 rings (SSSR count). The summed E-state index contributed by atoms with van der Waals surface area (Å²) in [6.45, 7) is 2.42. The van der Waals surface area contributed by atoms with Crippen LogP contribution in [-0.4, -0.2) is 22.5 Å². The molecule has 0 amide bonds. The molecule has 2 aromatic heterocycles. The van der Waals surface area contributed by atoms with Gasteiger partial charge < -0.3 is 14.5 Å². The SMILES string of the molecule is Clc1nc2ccccn2c1CNC[C@H]1CCO[C@@H]1c1ccccc1. The van der Waals surface area contributed by atoms with E-state index in [4.69, 9.17) is 16.3 Å². The predicted octanol–water partition coefficient (Wildman–Crippen LogP) is 3.86. The second kappa shape index (κ2) is 6.93. The fourth-order valence-electron chi connectivity index (χ4n) is 3.41. The van der Waals surface area contributed by atoms with Crippen molar-refractivity contribution in [1.82, 2.24) is 14.7 Å². The van der Waals surface area contributed by atoms with Crippen molar-refractivity contribution < 1.29 is 4.74 Å². The minimum absolute atomic E-state index is 0.177. The van der Waals surface area contributed by atoms with Gasteiger partial charge in [-0.2, -0.15) is 0 Å². The molecule has 5 heteroatoms. The first-order valence-electron chi connectivity index (χ1n) is 8.31. The third-order valence-electron chi connectivity index (χ3n) is 4.62. The Hall–Kier alpha value is -1.88. The lowest BCUT2D eigenvalue weighted by molar-refractivity contribution is 0.0904. The number of pyridine rings is 1. The molecule has 1 fully saturated rings. The van der Waals surface area contributed by atoms with Gasteiger partial charge in [-0.3, -0.25) is 0 Å². The topological polar surface area (TPSA) is 38.6 Å². The van der Waals surface area contributed by atoms with Crippen LogP contribution in [-0.2, 0) is 11.3 Å². The molecule has 3 aromatic rings. The lowest BCUT2D eigenvalue weighted by Crippen LogP contribution is -2.25. The van der Waals surface area contributed by atoms with Gasteiger partial charge in [-0.05, 0) is 24.1 Å². The summed E-state index contributed by atoms with van der Waals surface area (Å²) in [7, 11) is 0. The average molecular weight is 342 g/mol. The molecule has 1 aromatic carbocycles. The lowest BCUT2D eigenvalue weighted by Gasteiger charge is -2.19. The van der Waals surface area contributed by atoms with Gasteiger partial charge in [0.25, 0.3) is 0 Å². The largest absolute Gasteiger partial charge is 0.373 e. The van der Waals surface area contributed by atoms with Gasteiger partial charge in [0.05, 0.1) is 11.8 Å². The first kappa shape index (κ1) is 15.6.